The minimum Gasteiger partial charge on any atom is -0.450 e. The Labute approximate surface area is 136 Å². The third kappa shape index (κ3) is 4.41. The van der Waals surface area contributed by atoms with Crippen LogP contribution < -0.4 is 10.1 Å². The molecular weight excluding hydrogens is 324 g/mol. The molecule has 2 aromatic rings. The molecule has 0 aliphatic carbocycles. The number of carbonyl (C=O) groups is 1. The summed E-state index contributed by atoms with van der Waals surface area (Å²) < 4.78 is 5.47. The van der Waals surface area contributed by atoms with E-state index in [1.54, 1.807) is 0 Å². The van der Waals surface area contributed by atoms with Crippen LogP contribution in [-0.2, 0) is 0 Å². The summed E-state index contributed by atoms with van der Waals surface area (Å²) in [6.45, 7) is 0.0151. The Bertz CT molecular complexity index is 718. The van der Waals surface area contributed by atoms with Crippen molar-refractivity contribution in [1.29, 1.82) is 0 Å². The maximum atomic E-state index is 11.7. The van der Waals surface area contributed by atoms with Crippen LogP contribution in [0.15, 0.2) is 42.5 Å². The number of rotatable bonds is 6. The Morgan fingerprint density at radius 1 is 1.26 bits per heavy atom. The van der Waals surface area contributed by atoms with Gasteiger partial charge in [0.25, 0.3) is 5.91 Å². The lowest BCUT2D eigenvalue weighted by molar-refractivity contribution is -0.385. The molecule has 0 spiro atoms. The molecule has 23 heavy (non-hydrogen) atoms. The SMILES string of the molecule is O=C(NCCO)c1ccc(Oc2ccc(Cl)cc2[N+](=O)[O-])cc1. The molecule has 0 bridgehead atoms. The summed E-state index contributed by atoms with van der Waals surface area (Å²) in [7, 11) is 0. The van der Waals surface area contributed by atoms with Crippen molar-refractivity contribution in [1.82, 2.24) is 5.32 Å². The van der Waals surface area contributed by atoms with Crippen molar-refractivity contribution in [3.05, 3.63) is 63.2 Å². The number of benzene rings is 2. The van der Waals surface area contributed by atoms with Crippen molar-refractivity contribution in [2.75, 3.05) is 13.2 Å². The number of aliphatic hydroxyl groups excluding tert-OH is 1. The van der Waals surface area contributed by atoms with Gasteiger partial charge in [-0.1, -0.05) is 11.6 Å². The second-order valence-electron chi connectivity index (χ2n) is 4.48. The van der Waals surface area contributed by atoms with Gasteiger partial charge in [-0.3, -0.25) is 14.9 Å². The molecule has 0 radical (unpaired) electrons. The summed E-state index contributed by atoms with van der Waals surface area (Å²) in [5.74, 6) is 0.0640. The standard InChI is InChI=1S/C15H13ClN2O5/c16-11-3-6-14(13(9-11)18(21)22)23-12-4-1-10(2-5-12)15(20)17-7-8-19/h1-6,9,19H,7-8H2,(H,17,20). The molecule has 0 aliphatic rings. The van der Waals surface area contributed by atoms with Crippen molar-refractivity contribution in [3.8, 4) is 11.5 Å². The number of ether oxygens (including phenoxy) is 1. The third-order valence-electron chi connectivity index (χ3n) is 2.86. The lowest BCUT2D eigenvalue weighted by Gasteiger charge is -2.08. The van der Waals surface area contributed by atoms with E-state index in [0.29, 0.717) is 11.3 Å². The molecule has 0 heterocycles. The zero-order chi connectivity index (χ0) is 16.8. The Kier molecular flexibility index (Phi) is 5.51. The molecule has 0 saturated carbocycles. The van der Waals surface area contributed by atoms with Crippen LogP contribution in [0.4, 0.5) is 5.69 Å². The molecule has 0 aliphatic heterocycles. The highest BCUT2D eigenvalue weighted by Crippen LogP contribution is 2.33. The van der Waals surface area contributed by atoms with Crippen LogP contribution in [0.2, 0.25) is 5.02 Å². The second kappa shape index (κ2) is 7.57. The minimum absolute atomic E-state index is 0.0527. The number of hydrogen-bond donors (Lipinski definition) is 2. The summed E-state index contributed by atoms with van der Waals surface area (Å²) in [6.07, 6.45) is 0. The van der Waals surface area contributed by atoms with Crippen molar-refractivity contribution < 1.29 is 19.6 Å². The van der Waals surface area contributed by atoms with Crippen LogP contribution >= 0.6 is 11.6 Å². The number of nitrogens with zero attached hydrogens (tertiary/aromatic N) is 1. The van der Waals surface area contributed by atoms with Crippen LogP contribution in [0.5, 0.6) is 11.5 Å². The maximum Gasteiger partial charge on any atom is 0.313 e. The van der Waals surface area contributed by atoms with Crippen LogP contribution in [0.3, 0.4) is 0 Å². The van der Waals surface area contributed by atoms with E-state index in [2.05, 4.69) is 5.32 Å². The number of halogens is 1. The summed E-state index contributed by atoms with van der Waals surface area (Å²) >= 11 is 5.74. The molecule has 8 heteroatoms. The number of carbonyl (C=O) groups excluding carboxylic acids is 1. The number of nitro groups is 1. The lowest BCUT2D eigenvalue weighted by Crippen LogP contribution is -2.26. The van der Waals surface area contributed by atoms with E-state index < -0.39 is 4.92 Å². The van der Waals surface area contributed by atoms with Gasteiger partial charge in [0.15, 0.2) is 0 Å². The molecule has 2 N–H and O–H groups in total. The first kappa shape index (κ1) is 16.7. The zero-order valence-electron chi connectivity index (χ0n) is 11.9. The van der Waals surface area contributed by atoms with Gasteiger partial charge in [0.1, 0.15) is 5.75 Å². The monoisotopic (exact) mass is 336 g/mol. The average molecular weight is 337 g/mol. The van der Waals surface area contributed by atoms with E-state index >= 15 is 0 Å². The number of aliphatic hydroxyl groups is 1. The highest BCUT2D eigenvalue weighted by molar-refractivity contribution is 6.30. The van der Waals surface area contributed by atoms with Gasteiger partial charge in [-0.25, -0.2) is 0 Å². The molecule has 2 rings (SSSR count). The molecule has 2 aromatic carbocycles. The highest BCUT2D eigenvalue weighted by atomic mass is 35.5. The van der Waals surface area contributed by atoms with Crippen molar-refractivity contribution in [3.63, 3.8) is 0 Å². The molecule has 0 aromatic heterocycles. The van der Waals surface area contributed by atoms with Gasteiger partial charge >= 0.3 is 5.69 Å². The highest BCUT2D eigenvalue weighted by Gasteiger charge is 2.16. The van der Waals surface area contributed by atoms with Gasteiger partial charge in [-0.15, -0.1) is 0 Å². The van der Waals surface area contributed by atoms with Gasteiger partial charge in [0.05, 0.1) is 11.5 Å². The molecule has 0 fully saturated rings. The Morgan fingerprint density at radius 3 is 2.57 bits per heavy atom. The number of nitro benzene ring substituents is 1. The fourth-order valence-corrected chi connectivity index (χ4v) is 1.96. The lowest BCUT2D eigenvalue weighted by atomic mass is 10.2. The first-order chi connectivity index (χ1) is 11.0. The maximum absolute atomic E-state index is 11.7. The molecule has 0 atom stereocenters. The normalized spacial score (nSPS) is 10.2. The summed E-state index contributed by atoms with van der Waals surface area (Å²) in [6, 6.07) is 10.2. The van der Waals surface area contributed by atoms with Gasteiger partial charge < -0.3 is 15.2 Å². The van der Waals surface area contributed by atoms with E-state index in [9.17, 15) is 14.9 Å². The number of nitrogens with one attached hydrogen (secondary N) is 1. The summed E-state index contributed by atoms with van der Waals surface area (Å²) in [5.41, 5.74) is 0.138. The summed E-state index contributed by atoms with van der Waals surface area (Å²) in [5, 5.41) is 22.4. The molecule has 0 unspecified atom stereocenters. The predicted octanol–water partition coefficient (Wildman–Crippen LogP) is 2.76. The minimum atomic E-state index is -0.585. The van der Waals surface area contributed by atoms with Crippen molar-refractivity contribution in [2.24, 2.45) is 0 Å². The van der Waals surface area contributed by atoms with Crippen LogP contribution in [0.1, 0.15) is 10.4 Å². The fourth-order valence-electron chi connectivity index (χ4n) is 1.79. The molecule has 7 nitrogen and oxygen atoms in total. The number of amides is 1. The molecule has 120 valence electrons. The first-order valence-electron chi connectivity index (χ1n) is 6.62. The third-order valence-corrected chi connectivity index (χ3v) is 3.09. The van der Waals surface area contributed by atoms with Gasteiger partial charge in [-0.2, -0.15) is 0 Å². The van der Waals surface area contributed by atoms with Crippen molar-refractivity contribution in [2.45, 2.75) is 0 Å². The van der Waals surface area contributed by atoms with Crippen LogP contribution in [-0.4, -0.2) is 29.1 Å². The van der Waals surface area contributed by atoms with Gasteiger partial charge in [0, 0.05) is 23.2 Å². The van der Waals surface area contributed by atoms with E-state index in [1.807, 2.05) is 0 Å². The quantitative estimate of drug-likeness (QED) is 0.624. The Hall–Kier alpha value is -2.64. The Morgan fingerprint density at radius 2 is 1.96 bits per heavy atom. The second-order valence-corrected chi connectivity index (χ2v) is 4.91. The van der Waals surface area contributed by atoms with Gasteiger partial charge in [-0.05, 0) is 36.4 Å². The topological polar surface area (TPSA) is 102 Å². The predicted molar refractivity (Wildman–Crippen MR) is 84.0 cm³/mol. The zero-order valence-corrected chi connectivity index (χ0v) is 12.6. The molecular formula is C15H13ClN2O5. The Balaban J connectivity index is 2.15. The smallest absolute Gasteiger partial charge is 0.313 e. The van der Waals surface area contributed by atoms with Gasteiger partial charge in [0.2, 0.25) is 5.75 Å². The largest absolute Gasteiger partial charge is 0.450 e. The molecule has 0 saturated heterocycles. The van der Waals surface area contributed by atoms with Crippen molar-refractivity contribution >= 4 is 23.2 Å². The van der Waals surface area contributed by atoms with Crippen LogP contribution in [0.25, 0.3) is 0 Å². The van der Waals surface area contributed by atoms with E-state index in [0.717, 1.165) is 0 Å². The average Bonchev–Trinajstić information content (AvgIpc) is 2.54. The summed E-state index contributed by atoms with van der Waals surface area (Å²) in [4.78, 5) is 22.1. The van der Waals surface area contributed by atoms with Crippen LogP contribution in [0, 0.1) is 10.1 Å². The van der Waals surface area contributed by atoms with E-state index in [4.69, 9.17) is 21.4 Å². The first-order valence-corrected chi connectivity index (χ1v) is 7.00. The fraction of sp³-hybridized carbons (Fsp3) is 0.133. The molecule has 1 amide bonds. The number of hydrogen-bond acceptors (Lipinski definition) is 5. The van der Waals surface area contributed by atoms with E-state index in [1.165, 1.54) is 42.5 Å². The van der Waals surface area contributed by atoms with E-state index in [-0.39, 0.29) is 35.5 Å².